The highest BCUT2D eigenvalue weighted by atomic mass is 16.5. The Bertz CT molecular complexity index is 661. The molecule has 2 heterocycles. The maximum absolute atomic E-state index is 12.4. The highest BCUT2D eigenvalue weighted by Crippen LogP contribution is 2.31. The van der Waals surface area contributed by atoms with Crippen LogP contribution in [0, 0.1) is 11.3 Å². The number of aromatic nitrogens is 1. The first-order chi connectivity index (χ1) is 10.1. The molecule has 110 valence electrons. The molecule has 1 aromatic carbocycles. The van der Waals surface area contributed by atoms with Gasteiger partial charge < -0.3 is 10.1 Å². The van der Waals surface area contributed by atoms with E-state index in [2.05, 4.69) is 24.1 Å². The lowest BCUT2D eigenvalue weighted by atomic mass is 9.80. The summed E-state index contributed by atoms with van der Waals surface area (Å²) in [5.74, 6) is 0.897. The Balaban J connectivity index is 1.74. The average molecular weight is 284 g/mol. The van der Waals surface area contributed by atoms with Crippen molar-refractivity contribution in [3.05, 3.63) is 36.5 Å². The molecule has 1 aliphatic heterocycles. The lowest BCUT2D eigenvalue weighted by molar-refractivity contribution is -0.126. The second kappa shape index (κ2) is 5.45. The number of hydrogen-bond acceptors (Lipinski definition) is 4. The number of pyridine rings is 1. The van der Waals surface area contributed by atoms with Crippen LogP contribution in [0.5, 0.6) is 5.75 Å². The summed E-state index contributed by atoms with van der Waals surface area (Å²) in [5, 5.41) is 4.23. The molecule has 21 heavy (non-hydrogen) atoms. The SMILES string of the molecule is CC1(C)CNCC1C(=O)COc1ccnc2ccccc12. The van der Waals surface area contributed by atoms with E-state index in [1.54, 1.807) is 6.20 Å². The molecule has 1 aliphatic rings. The van der Waals surface area contributed by atoms with E-state index in [4.69, 9.17) is 4.74 Å². The minimum atomic E-state index is 0.000749. The third kappa shape index (κ3) is 2.76. The van der Waals surface area contributed by atoms with E-state index in [0.717, 1.165) is 29.7 Å². The summed E-state index contributed by atoms with van der Waals surface area (Å²) in [6, 6.07) is 9.60. The predicted molar refractivity (Wildman–Crippen MR) is 82.4 cm³/mol. The largest absolute Gasteiger partial charge is 0.485 e. The molecule has 1 saturated heterocycles. The molecule has 1 N–H and O–H groups in total. The molecule has 1 aromatic heterocycles. The van der Waals surface area contributed by atoms with Gasteiger partial charge in [-0.05, 0) is 23.6 Å². The Kier molecular flexibility index (Phi) is 3.64. The Labute approximate surface area is 124 Å². The standard InChI is InChI=1S/C17H20N2O2/c1-17(2)11-18-9-13(17)15(20)10-21-16-7-8-19-14-6-4-3-5-12(14)16/h3-8,13,18H,9-11H2,1-2H3. The van der Waals surface area contributed by atoms with Crippen LogP contribution in [0.15, 0.2) is 36.5 Å². The molecule has 0 saturated carbocycles. The fraction of sp³-hybridized carbons (Fsp3) is 0.412. The van der Waals surface area contributed by atoms with Crippen LogP contribution in [0.2, 0.25) is 0 Å². The number of fused-ring (bicyclic) bond motifs is 1. The zero-order valence-electron chi connectivity index (χ0n) is 12.4. The Morgan fingerprint density at radius 1 is 1.38 bits per heavy atom. The van der Waals surface area contributed by atoms with Crippen molar-refractivity contribution in [1.82, 2.24) is 10.3 Å². The van der Waals surface area contributed by atoms with E-state index < -0.39 is 0 Å². The van der Waals surface area contributed by atoms with Gasteiger partial charge in [-0.3, -0.25) is 9.78 Å². The van der Waals surface area contributed by atoms with E-state index in [-0.39, 0.29) is 23.7 Å². The maximum Gasteiger partial charge on any atom is 0.175 e. The van der Waals surface area contributed by atoms with Crippen LogP contribution >= 0.6 is 0 Å². The van der Waals surface area contributed by atoms with Gasteiger partial charge in [0.05, 0.1) is 5.52 Å². The number of carbonyl (C=O) groups is 1. The van der Waals surface area contributed by atoms with Crippen molar-refractivity contribution >= 4 is 16.7 Å². The van der Waals surface area contributed by atoms with Crippen LogP contribution in [-0.2, 0) is 4.79 Å². The number of rotatable bonds is 4. The number of ether oxygens (including phenoxy) is 1. The molecule has 1 unspecified atom stereocenters. The number of para-hydroxylation sites is 1. The molecule has 4 heteroatoms. The molecule has 1 fully saturated rings. The molecule has 3 rings (SSSR count). The predicted octanol–water partition coefficient (Wildman–Crippen LogP) is 2.43. The minimum absolute atomic E-state index is 0.000749. The van der Waals surface area contributed by atoms with Crippen LogP contribution in [0.25, 0.3) is 10.9 Å². The van der Waals surface area contributed by atoms with Crippen molar-refractivity contribution in [2.75, 3.05) is 19.7 Å². The summed E-state index contributed by atoms with van der Waals surface area (Å²) >= 11 is 0. The number of nitrogens with one attached hydrogen (secondary N) is 1. The number of benzene rings is 1. The first-order valence-corrected chi connectivity index (χ1v) is 7.28. The lowest BCUT2D eigenvalue weighted by Gasteiger charge is -2.24. The first-order valence-electron chi connectivity index (χ1n) is 7.28. The Morgan fingerprint density at radius 2 is 2.19 bits per heavy atom. The van der Waals surface area contributed by atoms with Gasteiger partial charge >= 0.3 is 0 Å². The van der Waals surface area contributed by atoms with Crippen LogP contribution in [0.3, 0.4) is 0 Å². The normalized spacial score (nSPS) is 20.6. The zero-order chi connectivity index (χ0) is 14.9. The number of ketones is 1. The van der Waals surface area contributed by atoms with Crippen molar-refractivity contribution in [1.29, 1.82) is 0 Å². The van der Waals surface area contributed by atoms with E-state index in [1.807, 2.05) is 30.3 Å². The van der Waals surface area contributed by atoms with E-state index in [9.17, 15) is 4.79 Å². The maximum atomic E-state index is 12.4. The highest BCUT2D eigenvalue weighted by Gasteiger charge is 2.39. The van der Waals surface area contributed by atoms with Crippen molar-refractivity contribution in [2.24, 2.45) is 11.3 Å². The number of carbonyl (C=O) groups excluding carboxylic acids is 1. The molecule has 0 radical (unpaired) electrons. The summed E-state index contributed by atoms with van der Waals surface area (Å²) < 4.78 is 5.77. The highest BCUT2D eigenvalue weighted by molar-refractivity contribution is 5.87. The van der Waals surface area contributed by atoms with Crippen molar-refractivity contribution in [2.45, 2.75) is 13.8 Å². The topological polar surface area (TPSA) is 51.2 Å². The summed E-state index contributed by atoms with van der Waals surface area (Å²) in [5.41, 5.74) is 0.881. The molecule has 4 nitrogen and oxygen atoms in total. The summed E-state index contributed by atoms with van der Waals surface area (Å²) in [6.07, 6.45) is 1.71. The van der Waals surface area contributed by atoms with E-state index in [0.29, 0.717) is 0 Å². The quantitative estimate of drug-likeness (QED) is 0.937. The molecule has 0 aliphatic carbocycles. The molecule has 2 aromatic rings. The van der Waals surface area contributed by atoms with Crippen molar-refractivity contribution in [3.8, 4) is 5.75 Å². The van der Waals surface area contributed by atoms with Crippen LogP contribution in [-0.4, -0.2) is 30.5 Å². The number of nitrogens with zero attached hydrogens (tertiary/aromatic N) is 1. The van der Waals surface area contributed by atoms with Gasteiger partial charge in [0.1, 0.15) is 12.4 Å². The van der Waals surface area contributed by atoms with Crippen LogP contribution < -0.4 is 10.1 Å². The van der Waals surface area contributed by atoms with Gasteiger partial charge in [0.25, 0.3) is 0 Å². The second-order valence-electron chi connectivity index (χ2n) is 6.25. The molecular formula is C17H20N2O2. The van der Waals surface area contributed by atoms with Crippen LogP contribution in [0.4, 0.5) is 0 Å². The monoisotopic (exact) mass is 284 g/mol. The van der Waals surface area contributed by atoms with E-state index >= 15 is 0 Å². The molecule has 0 amide bonds. The molecule has 0 bridgehead atoms. The van der Waals surface area contributed by atoms with Crippen molar-refractivity contribution < 1.29 is 9.53 Å². The van der Waals surface area contributed by atoms with Gasteiger partial charge in [-0.2, -0.15) is 0 Å². The average Bonchev–Trinajstić information content (AvgIpc) is 2.84. The van der Waals surface area contributed by atoms with Gasteiger partial charge in [0.2, 0.25) is 0 Å². The third-order valence-electron chi connectivity index (χ3n) is 4.24. The summed E-state index contributed by atoms with van der Waals surface area (Å²) in [6.45, 7) is 5.98. The van der Waals surface area contributed by atoms with Gasteiger partial charge in [-0.1, -0.05) is 26.0 Å². The fourth-order valence-electron chi connectivity index (χ4n) is 2.93. The molecule has 1 atom stereocenters. The lowest BCUT2D eigenvalue weighted by Crippen LogP contribution is -2.32. The fourth-order valence-corrected chi connectivity index (χ4v) is 2.93. The molecular weight excluding hydrogens is 264 g/mol. The van der Waals surface area contributed by atoms with Crippen molar-refractivity contribution in [3.63, 3.8) is 0 Å². The van der Waals surface area contributed by atoms with Gasteiger partial charge in [-0.15, -0.1) is 0 Å². The Hall–Kier alpha value is -1.94. The Morgan fingerprint density at radius 3 is 2.95 bits per heavy atom. The summed E-state index contributed by atoms with van der Waals surface area (Å²) in [4.78, 5) is 16.7. The first kappa shape index (κ1) is 14.0. The van der Waals surface area contributed by atoms with Gasteiger partial charge in [-0.25, -0.2) is 0 Å². The second-order valence-corrected chi connectivity index (χ2v) is 6.25. The summed E-state index contributed by atoms with van der Waals surface area (Å²) in [7, 11) is 0. The van der Waals surface area contributed by atoms with Gasteiger partial charge in [0, 0.05) is 30.6 Å². The van der Waals surface area contributed by atoms with Gasteiger partial charge in [0.15, 0.2) is 5.78 Å². The smallest absolute Gasteiger partial charge is 0.175 e. The third-order valence-corrected chi connectivity index (χ3v) is 4.24. The minimum Gasteiger partial charge on any atom is -0.485 e. The van der Waals surface area contributed by atoms with Crippen LogP contribution in [0.1, 0.15) is 13.8 Å². The molecule has 0 spiro atoms. The number of hydrogen-bond donors (Lipinski definition) is 1. The number of Topliss-reactive ketones (excluding diaryl/α,β-unsaturated/α-hetero) is 1. The zero-order valence-corrected chi connectivity index (χ0v) is 12.4. The van der Waals surface area contributed by atoms with E-state index in [1.165, 1.54) is 0 Å².